The molecule has 0 aliphatic heterocycles. The molecular weight excluding hydrogens is 248 g/mol. The second-order valence-electron chi connectivity index (χ2n) is 5.27. The summed E-state index contributed by atoms with van der Waals surface area (Å²) in [4.78, 5) is 15.7. The highest BCUT2D eigenvalue weighted by Crippen LogP contribution is 2.32. The van der Waals surface area contributed by atoms with E-state index in [1.165, 1.54) is 0 Å². The molecule has 0 aliphatic rings. The number of ketones is 1. The molecule has 0 radical (unpaired) electrons. The lowest BCUT2D eigenvalue weighted by Crippen LogP contribution is -2.15. The van der Waals surface area contributed by atoms with Crippen molar-refractivity contribution >= 4 is 28.9 Å². The zero-order chi connectivity index (χ0) is 13.9. The van der Waals surface area contributed by atoms with Gasteiger partial charge in [0.25, 0.3) is 0 Å². The summed E-state index contributed by atoms with van der Waals surface area (Å²) in [6.45, 7) is 7.77. The fourth-order valence-electron chi connectivity index (χ4n) is 1.64. The quantitative estimate of drug-likeness (QED) is 0.394. The molecule has 0 heterocycles. The maximum atomic E-state index is 11.4. The van der Waals surface area contributed by atoms with Gasteiger partial charge in [-0.1, -0.05) is 20.8 Å². The molecule has 1 rings (SSSR count). The predicted molar refractivity (Wildman–Crippen MR) is 77.1 cm³/mol. The molecule has 1 aromatic rings. The molecule has 0 aliphatic carbocycles. The minimum atomic E-state index is -0.114. The topological polar surface area (TPSA) is 55.5 Å². The Bertz CT molecular complexity index is 487. The number of carbonyl (C=O) groups is 1. The van der Waals surface area contributed by atoms with Crippen molar-refractivity contribution < 1.29 is 4.79 Å². The Morgan fingerprint density at radius 1 is 1.39 bits per heavy atom. The molecule has 0 bridgehead atoms. The van der Waals surface area contributed by atoms with Crippen LogP contribution in [0.1, 0.15) is 43.6 Å². The molecule has 0 saturated heterocycles. The van der Waals surface area contributed by atoms with E-state index in [1.54, 1.807) is 13.0 Å². The zero-order valence-corrected chi connectivity index (χ0v) is 12.0. The Morgan fingerprint density at radius 3 is 2.44 bits per heavy atom. The van der Waals surface area contributed by atoms with Gasteiger partial charge in [-0.05, 0) is 36.1 Å². The number of nitrogens with two attached hydrogens (primary N) is 1. The average molecular weight is 267 g/mol. The third-order valence-electron chi connectivity index (χ3n) is 2.61. The fraction of sp³-hybridized carbons (Fsp3) is 0.429. The van der Waals surface area contributed by atoms with Gasteiger partial charge < -0.3 is 5.73 Å². The maximum Gasteiger partial charge on any atom is 0.159 e. The van der Waals surface area contributed by atoms with E-state index in [9.17, 15) is 4.79 Å². The lowest BCUT2D eigenvalue weighted by Gasteiger charge is -2.22. The number of carbonyl (C=O) groups excluding carboxylic acids is 1. The van der Waals surface area contributed by atoms with Crippen molar-refractivity contribution in [3.8, 4) is 0 Å². The summed E-state index contributed by atoms with van der Waals surface area (Å²) in [6.07, 6.45) is 0. The first-order valence-electron chi connectivity index (χ1n) is 5.80. The van der Waals surface area contributed by atoms with Gasteiger partial charge in [0.05, 0.1) is 11.6 Å². The molecular formula is C14H19ClN2O. The van der Waals surface area contributed by atoms with Crippen LogP contribution in [-0.2, 0) is 5.41 Å². The van der Waals surface area contributed by atoms with E-state index in [0.29, 0.717) is 11.4 Å². The monoisotopic (exact) mass is 266 g/mol. The standard InChI is InChI=1S/C14H19ClN2O/c1-9(18)10-5-6-12(17-13(16)8-15)11(7-10)14(2,3)4/h5-7H,8H2,1-4H3,(H2,16,17). The predicted octanol–water partition coefficient (Wildman–Crippen LogP) is 3.41. The van der Waals surface area contributed by atoms with Crippen molar-refractivity contribution in [3.63, 3.8) is 0 Å². The second-order valence-corrected chi connectivity index (χ2v) is 5.54. The first kappa shape index (κ1) is 14.7. The van der Waals surface area contributed by atoms with Crippen molar-refractivity contribution in [3.05, 3.63) is 29.3 Å². The van der Waals surface area contributed by atoms with Gasteiger partial charge >= 0.3 is 0 Å². The number of halogens is 1. The molecule has 1 aromatic carbocycles. The lowest BCUT2D eigenvalue weighted by atomic mass is 9.84. The SMILES string of the molecule is CC(=O)c1ccc(N=C(N)CCl)c(C(C)(C)C)c1. The Labute approximate surface area is 113 Å². The summed E-state index contributed by atoms with van der Waals surface area (Å²) in [5.41, 5.74) is 7.99. The van der Waals surface area contributed by atoms with Crippen molar-refractivity contribution in [2.24, 2.45) is 10.7 Å². The highest BCUT2D eigenvalue weighted by Gasteiger charge is 2.19. The number of rotatable bonds is 3. The van der Waals surface area contributed by atoms with Gasteiger partial charge in [0.1, 0.15) is 5.84 Å². The molecule has 2 N–H and O–H groups in total. The molecule has 18 heavy (non-hydrogen) atoms. The van der Waals surface area contributed by atoms with E-state index in [0.717, 1.165) is 11.3 Å². The van der Waals surface area contributed by atoms with Crippen LogP contribution in [0.4, 0.5) is 5.69 Å². The van der Waals surface area contributed by atoms with Crippen LogP contribution >= 0.6 is 11.6 Å². The molecule has 0 unspecified atom stereocenters. The number of hydrogen-bond acceptors (Lipinski definition) is 2. The lowest BCUT2D eigenvalue weighted by molar-refractivity contribution is 0.101. The van der Waals surface area contributed by atoms with Gasteiger partial charge in [-0.2, -0.15) is 0 Å². The number of hydrogen-bond donors (Lipinski definition) is 1. The van der Waals surface area contributed by atoms with Crippen molar-refractivity contribution in [2.45, 2.75) is 33.1 Å². The van der Waals surface area contributed by atoms with E-state index >= 15 is 0 Å². The van der Waals surface area contributed by atoms with E-state index in [2.05, 4.69) is 25.8 Å². The van der Waals surface area contributed by atoms with E-state index in [4.69, 9.17) is 17.3 Å². The highest BCUT2D eigenvalue weighted by atomic mass is 35.5. The van der Waals surface area contributed by atoms with Crippen molar-refractivity contribution in [1.82, 2.24) is 0 Å². The highest BCUT2D eigenvalue weighted by molar-refractivity contribution is 6.28. The first-order valence-corrected chi connectivity index (χ1v) is 6.33. The minimum Gasteiger partial charge on any atom is -0.386 e. The number of aliphatic imine (C=N–C) groups is 1. The van der Waals surface area contributed by atoms with Gasteiger partial charge in [-0.15, -0.1) is 11.6 Å². The number of nitrogens with zero attached hydrogens (tertiary/aromatic N) is 1. The summed E-state index contributed by atoms with van der Waals surface area (Å²) in [5.74, 6) is 0.608. The third kappa shape index (κ3) is 3.57. The van der Waals surface area contributed by atoms with Crippen molar-refractivity contribution in [1.29, 1.82) is 0 Å². The minimum absolute atomic E-state index is 0.0429. The van der Waals surface area contributed by atoms with Crippen LogP contribution in [0.2, 0.25) is 0 Å². The van der Waals surface area contributed by atoms with Crippen molar-refractivity contribution in [2.75, 3.05) is 5.88 Å². The van der Waals surface area contributed by atoms with E-state index < -0.39 is 0 Å². The van der Waals surface area contributed by atoms with Gasteiger partial charge in [0.2, 0.25) is 0 Å². The van der Waals surface area contributed by atoms with Gasteiger partial charge in [0, 0.05) is 5.56 Å². The van der Waals surface area contributed by atoms with E-state index in [-0.39, 0.29) is 17.1 Å². The molecule has 0 saturated carbocycles. The second kappa shape index (κ2) is 5.53. The molecule has 0 atom stereocenters. The number of Topliss-reactive ketones (excluding diaryl/α,β-unsaturated/α-hetero) is 1. The molecule has 0 fully saturated rings. The van der Waals surface area contributed by atoms with Gasteiger partial charge in [0.15, 0.2) is 5.78 Å². The zero-order valence-electron chi connectivity index (χ0n) is 11.2. The Balaban J connectivity index is 3.39. The molecule has 3 nitrogen and oxygen atoms in total. The Kier molecular flexibility index (Phi) is 4.52. The van der Waals surface area contributed by atoms with Crippen LogP contribution in [0.5, 0.6) is 0 Å². The first-order chi connectivity index (χ1) is 8.25. The number of alkyl halides is 1. The summed E-state index contributed by atoms with van der Waals surface area (Å²) in [7, 11) is 0. The maximum absolute atomic E-state index is 11.4. The Hall–Kier alpha value is -1.35. The van der Waals surface area contributed by atoms with Crippen LogP contribution < -0.4 is 5.73 Å². The van der Waals surface area contributed by atoms with Crippen LogP contribution in [0.3, 0.4) is 0 Å². The summed E-state index contributed by atoms with van der Waals surface area (Å²) >= 11 is 5.64. The van der Waals surface area contributed by atoms with Crippen LogP contribution in [-0.4, -0.2) is 17.5 Å². The summed E-state index contributed by atoms with van der Waals surface area (Å²) < 4.78 is 0. The molecule has 0 aromatic heterocycles. The summed E-state index contributed by atoms with van der Waals surface area (Å²) in [5, 5.41) is 0. The van der Waals surface area contributed by atoms with Gasteiger partial charge in [-0.25, -0.2) is 4.99 Å². The van der Waals surface area contributed by atoms with Crippen LogP contribution in [0.25, 0.3) is 0 Å². The number of benzene rings is 1. The smallest absolute Gasteiger partial charge is 0.159 e. The fourth-order valence-corrected chi connectivity index (χ4v) is 1.70. The number of amidine groups is 1. The van der Waals surface area contributed by atoms with Gasteiger partial charge in [-0.3, -0.25) is 4.79 Å². The molecule has 0 spiro atoms. The van der Waals surface area contributed by atoms with Crippen LogP contribution in [0.15, 0.2) is 23.2 Å². The molecule has 98 valence electrons. The molecule has 0 amide bonds. The van der Waals surface area contributed by atoms with Crippen LogP contribution in [0, 0.1) is 0 Å². The average Bonchev–Trinajstić information content (AvgIpc) is 2.27. The largest absolute Gasteiger partial charge is 0.386 e. The third-order valence-corrected chi connectivity index (χ3v) is 2.89. The molecule has 4 heteroatoms. The normalized spacial score (nSPS) is 12.6. The Morgan fingerprint density at radius 2 is 2.00 bits per heavy atom. The van der Waals surface area contributed by atoms with E-state index in [1.807, 2.05) is 12.1 Å². The summed E-state index contributed by atoms with van der Waals surface area (Å²) in [6, 6.07) is 5.46.